The van der Waals surface area contributed by atoms with Crippen LogP contribution in [0, 0.1) is 35.5 Å². The highest BCUT2D eigenvalue weighted by Crippen LogP contribution is 2.28. The van der Waals surface area contributed by atoms with Gasteiger partial charge in [-0.2, -0.15) is 0 Å². The number of carboxylic acids is 3. The molecule has 0 amide bonds. The molecule has 300 valence electrons. The first-order valence-electron chi connectivity index (χ1n) is 20.1. The Morgan fingerprint density at radius 3 is 1.54 bits per heavy atom. The van der Waals surface area contributed by atoms with E-state index in [9.17, 15) is 29.7 Å². The minimum atomic E-state index is -0.751. The maximum absolute atomic E-state index is 12.3. The van der Waals surface area contributed by atoms with Crippen LogP contribution < -0.4 is 16.0 Å². The lowest BCUT2D eigenvalue weighted by Crippen LogP contribution is -2.32. The molecule has 6 atom stereocenters. The van der Waals surface area contributed by atoms with Gasteiger partial charge in [0.25, 0.3) is 0 Å². The summed E-state index contributed by atoms with van der Waals surface area (Å²) in [5.74, 6) is -2.42. The standard InChI is InChI=1S/C44H56N4O6S2/c49-42(50)38(34-10-13-45-25-34)21-29-4-1-6-31(18-29)24-41(55)48(28-33-8-2-5-30(19-33)22-39(43(51)52)35-11-14-46-26-35)16-17-56-37-9-3-7-32(20-37)23-40(44(53)54)36-12-15-47-27-36/h1-9,18-20,34-36,38-40,45-47H,10-17,21-28H2,(H,49,50)(H,51,52)(H,53,54). The smallest absolute Gasteiger partial charge is 0.307 e. The Labute approximate surface area is 340 Å². The molecule has 12 heteroatoms. The average molecular weight is 801 g/mol. The number of thioether (sulfide) groups is 1. The molecule has 10 nitrogen and oxygen atoms in total. The van der Waals surface area contributed by atoms with Gasteiger partial charge in [-0.1, -0.05) is 72.9 Å². The zero-order chi connectivity index (χ0) is 39.4. The maximum Gasteiger partial charge on any atom is 0.307 e. The van der Waals surface area contributed by atoms with Gasteiger partial charge in [-0.3, -0.25) is 14.4 Å². The number of nitrogens with zero attached hydrogens (tertiary/aromatic N) is 1. The molecule has 3 fully saturated rings. The van der Waals surface area contributed by atoms with Crippen molar-refractivity contribution in [2.24, 2.45) is 35.5 Å². The fraction of sp³-hybridized carbons (Fsp3) is 0.500. The third kappa shape index (κ3) is 11.9. The van der Waals surface area contributed by atoms with Crippen LogP contribution >= 0.6 is 24.0 Å². The topological polar surface area (TPSA) is 151 Å². The van der Waals surface area contributed by atoms with Crippen LogP contribution in [0.15, 0.2) is 77.7 Å². The zero-order valence-corrected chi connectivity index (χ0v) is 33.7. The van der Waals surface area contributed by atoms with Crippen molar-refractivity contribution in [2.75, 3.05) is 51.6 Å². The van der Waals surface area contributed by atoms with Crippen molar-refractivity contribution in [3.63, 3.8) is 0 Å². The van der Waals surface area contributed by atoms with Crippen LogP contribution in [-0.2, 0) is 46.6 Å². The number of hydrogen-bond donors (Lipinski definition) is 6. The molecule has 0 aromatic heterocycles. The number of benzene rings is 3. The van der Waals surface area contributed by atoms with Gasteiger partial charge in [0.05, 0.1) is 22.7 Å². The molecule has 3 aliphatic heterocycles. The summed E-state index contributed by atoms with van der Waals surface area (Å²) in [5.41, 5.74) is 5.14. The molecule has 3 aromatic rings. The van der Waals surface area contributed by atoms with Gasteiger partial charge < -0.3 is 36.2 Å². The first-order chi connectivity index (χ1) is 27.1. The van der Waals surface area contributed by atoms with E-state index >= 15 is 0 Å². The minimum absolute atomic E-state index is 0.113. The highest BCUT2D eigenvalue weighted by Gasteiger charge is 2.33. The van der Waals surface area contributed by atoms with Crippen molar-refractivity contribution in [3.05, 3.63) is 101 Å². The summed E-state index contributed by atoms with van der Waals surface area (Å²) in [6.45, 7) is 6.02. The summed E-state index contributed by atoms with van der Waals surface area (Å²) in [5, 5.41) is 40.0. The predicted octanol–water partition coefficient (Wildman–Crippen LogP) is 5.41. The van der Waals surface area contributed by atoms with Crippen molar-refractivity contribution in [2.45, 2.75) is 56.4 Å². The summed E-state index contributed by atoms with van der Waals surface area (Å²) in [4.78, 5) is 40.8. The number of aliphatic carboxylic acids is 3. The van der Waals surface area contributed by atoms with Gasteiger partial charge in [-0.15, -0.1) is 11.8 Å². The Balaban J connectivity index is 1.15. The van der Waals surface area contributed by atoms with Crippen molar-refractivity contribution >= 4 is 46.9 Å². The Morgan fingerprint density at radius 2 is 1.07 bits per heavy atom. The zero-order valence-electron chi connectivity index (χ0n) is 32.0. The Hall–Kier alpha value is -3.81. The maximum atomic E-state index is 12.3. The van der Waals surface area contributed by atoms with Crippen LogP contribution in [0.3, 0.4) is 0 Å². The summed E-state index contributed by atoms with van der Waals surface area (Å²) >= 11 is 7.89. The van der Waals surface area contributed by atoms with Crippen LogP contribution in [0.5, 0.6) is 0 Å². The van der Waals surface area contributed by atoms with Crippen LogP contribution in [0.25, 0.3) is 0 Å². The number of rotatable bonds is 20. The van der Waals surface area contributed by atoms with E-state index in [0.29, 0.717) is 38.8 Å². The minimum Gasteiger partial charge on any atom is -0.481 e. The number of carboxylic acid groups (broad SMARTS) is 3. The average Bonchev–Trinajstić information content (AvgIpc) is 4.00. The van der Waals surface area contributed by atoms with Gasteiger partial charge in [-0.05, 0) is 135 Å². The summed E-state index contributed by atoms with van der Waals surface area (Å²) < 4.78 is 0. The van der Waals surface area contributed by atoms with E-state index in [-0.39, 0.29) is 17.8 Å². The van der Waals surface area contributed by atoms with Crippen molar-refractivity contribution < 1.29 is 29.7 Å². The number of carbonyl (C=O) groups is 3. The van der Waals surface area contributed by atoms with E-state index in [2.05, 4.69) is 57.2 Å². The highest BCUT2D eigenvalue weighted by atomic mass is 32.2. The Morgan fingerprint density at radius 1 is 0.643 bits per heavy atom. The molecule has 0 aliphatic carbocycles. The molecule has 3 heterocycles. The summed E-state index contributed by atoms with van der Waals surface area (Å²) in [7, 11) is 0. The van der Waals surface area contributed by atoms with E-state index in [1.54, 1.807) is 11.8 Å². The van der Waals surface area contributed by atoms with Gasteiger partial charge in [0, 0.05) is 30.2 Å². The van der Waals surface area contributed by atoms with E-state index in [1.807, 2.05) is 36.4 Å². The van der Waals surface area contributed by atoms with E-state index in [0.717, 1.165) is 102 Å². The largest absolute Gasteiger partial charge is 0.481 e. The molecule has 3 saturated heterocycles. The summed E-state index contributed by atoms with van der Waals surface area (Å²) in [6.07, 6.45) is 4.62. The Kier molecular flexibility index (Phi) is 15.4. The molecule has 6 unspecified atom stereocenters. The molecule has 0 saturated carbocycles. The van der Waals surface area contributed by atoms with E-state index < -0.39 is 35.7 Å². The molecule has 56 heavy (non-hydrogen) atoms. The monoisotopic (exact) mass is 800 g/mol. The van der Waals surface area contributed by atoms with E-state index in [4.69, 9.17) is 12.2 Å². The molecule has 3 aromatic carbocycles. The van der Waals surface area contributed by atoms with Crippen LogP contribution in [0.2, 0.25) is 0 Å². The summed E-state index contributed by atoms with van der Waals surface area (Å²) in [6, 6.07) is 24.6. The van der Waals surface area contributed by atoms with Crippen LogP contribution in [-0.4, -0.2) is 94.7 Å². The van der Waals surface area contributed by atoms with Gasteiger partial charge in [-0.25, -0.2) is 0 Å². The number of thiocarbonyl (C=S) groups is 1. The molecular formula is C44H56N4O6S2. The number of nitrogens with one attached hydrogen (secondary N) is 3. The lowest BCUT2D eigenvalue weighted by atomic mass is 9.86. The molecular weight excluding hydrogens is 745 g/mol. The fourth-order valence-corrected chi connectivity index (χ4v) is 10.0. The van der Waals surface area contributed by atoms with Crippen LogP contribution in [0.4, 0.5) is 0 Å². The van der Waals surface area contributed by atoms with Gasteiger partial charge in [0.15, 0.2) is 0 Å². The second-order valence-electron chi connectivity index (χ2n) is 15.8. The SMILES string of the molecule is O=C(O)C(Cc1cccc(CC(=S)N(CCSc2cccc(CC(C(=O)O)C3CCNC3)c2)Cc2cccc(CC(C(=O)O)C3CCNC3)c2)c1)C1CCNC1. The molecule has 0 radical (unpaired) electrons. The van der Waals surface area contributed by atoms with Gasteiger partial charge in [0.1, 0.15) is 0 Å². The fourth-order valence-electron chi connectivity index (χ4n) is 8.75. The quantitative estimate of drug-likeness (QED) is 0.0641. The lowest BCUT2D eigenvalue weighted by Gasteiger charge is -2.26. The number of hydrogen-bond acceptors (Lipinski definition) is 8. The van der Waals surface area contributed by atoms with Crippen molar-refractivity contribution in [1.29, 1.82) is 0 Å². The van der Waals surface area contributed by atoms with Gasteiger partial charge in [0.2, 0.25) is 0 Å². The second-order valence-corrected chi connectivity index (χ2v) is 17.5. The third-order valence-electron chi connectivity index (χ3n) is 11.9. The highest BCUT2D eigenvalue weighted by molar-refractivity contribution is 7.99. The second kappa shape index (κ2) is 20.6. The molecule has 0 spiro atoms. The molecule has 6 rings (SSSR count). The van der Waals surface area contributed by atoms with Crippen molar-refractivity contribution in [1.82, 2.24) is 20.9 Å². The predicted molar refractivity (Wildman–Crippen MR) is 224 cm³/mol. The lowest BCUT2D eigenvalue weighted by molar-refractivity contribution is -0.144. The van der Waals surface area contributed by atoms with Gasteiger partial charge >= 0.3 is 17.9 Å². The normalized spacial score (nSPS) is 21.0. The van der Waals surface area contributed by atoms with Crippen molar-refractivity contribution in [3.8, 4) is 0 Å². The van der Waals surface area contributed by atoms with E-state index in [1.165, 1.54) is 0 Å². The first kappa shape index (κ1) is 41.8. The molecule has 0 bridgehead atoms. The first-order valence-corrected chi connectivity index (χ1v) is 21.5. The molecule has 3 aliphatic rings. The Bertz CT molecular complexity index is 1810. The molecule has 6 N–H and O–H groups in total. The van der Waals surface area contributed by atoms with Crippen LogP contribution in [0.1, 0.15) is 47.1 Å². The third-order valence-corrected chi connectivity index (χ3v) is 13.3.